The largest absolute Gasteiger partial charge is 0.480 e. The minimum absolute atomic E-state index is 0.199. The molecule has 0 bridgehead atoms. The molecule has 1 fully saturated rings. The maximum Gasteiger partial charge on any atom is 0.324 e. The lowest BCUT2D eigenvalue weighted by Gasteiger charge is -2.42. The van der Waals surface area contributed by atoms with E-state index in [2.05, 4.69) is 0 Å². The summed E-state index contributed by atoms with van der Waals surface area (Å²) in [5, 5.41) is 9.33. The SMILES string of the molecule is CC(C)N(C)S(=O)(=O)N1CCCCC1(C)C(=O)O. The lowest BCUT2D eigenvalue weighted by Crippen LogP contribution is -2.60. The van der Waals surface area contributed by atoms with Gasteiger partial charge in [-0.1, -0.05) is 0 Å². The average molecular weight is 278 g/mol. The van der Waals surface area contributed by atoms with Crippen molar-refractivity contribution >= 4 is 16.2 Å². The molecule has 0 aromatic carbocycles. The fourth-order valence-corrected chi connectivity index (χ4v) is 3.98. The molecule has 1 aliphatic rings. The van der Waals surface area contributed by atoms with Crippen molar-refractivity contribution < 1.29 is 18.3 Å². The first kappa shape index (κ1) is 15.4. The third kappa shape index (κ3) is 2.53. The summed E-state index contributed by atoms with van der Waals surface area (Å²) in [5.74, 6) is -1.08. The number of aliphatic carboxylic acids is 1. The van der Waals surface area contributed by atoms with E-state index in [-0.39, 0.29) is 12.6 Å². The summed E-state index contributed by atoms with van der Waals surface area (Å²) in [7, 11) is -2.25. The maximum absolute atomic E-state index is 12.4. The van der Waals surface area contributed by atoms with Crippen LogP contribution in [0.25, 0.3) is 0 Å². The standard InChI is InChI=1S/C11H22N2O4S/c1-9(2)12(4)18(16,17)13-8-6-5-7-11(13,3)10(14)15/h9H,5-8H2,1-4H3,(H,14,15). The summed E-state index contributed by atoms with van der Waals surface area (Å²) in [6.45, 7) is 5.28. The molecule has 1 aliphatic heterocycles. The van der Waals surface area contributed by atoms with E-state index in [1.54, 1.807) is 13.8 Å². The van der Waals surface area contributed by atoms with Gasteiger partial charge >= 0.3 is 5.97 Å². The zero-order valence-corrected chi connectivity index (χ0v) is 12.2. The van der Waals surface area contributed by atoms with Crippen LogP contribution in [-0.2, 0) is 15.0 Å². The molecule has 1 heterocycles. The van der Waals surface area contributed by atoms with Crippen molar-refractivity contribution in [2.45, 2.75) is 51.6 Å². The fraction of sp³-hybridized carbons (Fsp3) is 0.909. The third-order valence-electron chi connectivity index (χ3n) is 3.66. The molecule has 1 saturated heterocycles. The predicted molar refractivity (Wildman–Crippen MR) is 68.4 cm³/mol. The highest BCUT2D eigenvalue weighted by Gasteiger charge is 2.48. The van der Waals surface area contributed by atoms with Gasteiger partial charge in [-0.25, -0.2) is 0 Å². The van der Waals surface area contributed by atoms with Crippen LogP contribution in [0.2, 0.25) is 0 Å². The van der Waals surface area contributed by atoms with E-state index in [0.29, 0.717) is 12.8 Å². The van der Waals surface area contributed by atoms with Gasteiger partial charge in [0.1, 0.15) is 5.54 Å². The van der Waals surface area contributed by atoms with Gasteiger partial charge in [-0.3, -0.25) is 4.79 Å². The third-order valence-corrected chi connectivity index (χ3v) is 5.95. The van der Waals surface area contributed by atoms with Crippen molar-refractivity contribution in [2.24, 2.45) is 0 Å². The van der Waals surface area contributed by atoms with Gasteiger partial charge in [-0.15, -0.1) is 0 Å². The maximum atomic E-state index is 12.4. The molecule has 0 radical (unpaired) electrons. The van der Waals surface area contributed by atoms with Crippen LogP contribution in [0.15, 0.2) is 0 Å². The number of carboxylic acids is 1. The second-order valence-electron chi connectivity index (χ2n) is 5.23. The Labute approximate surface area is 109 Å². The molecule has 6 nitrogen and oxygen atoms in total. The molecule has 0 aliphatic carbocycles. The number of nitrogens with zero attached hydrogens (tertiary/aromatic N) is 2. The van der Waals surface area contributed by atoms with Gasteiger partial charge in [0, 0.05) is 19.6 Å². The van der Waals surface area contributed by atoms with Crippen LogP contribution < -0.4 is 0 Å². The summed E-state index contributed by atoms with van der Waals surface area (Å²) in [4.78, 5) is 11.4. The van der Waals surface area contributed by atoms with Crippen LogP contribution in [0.3, 0.4) is 0 Å². The highest BCUT2D eigenvalue weighted by atomic mass is 32.2. The lowest BCUT2D eigenvalue weighted by atomic mass is 9.91. The Kier molecular flexibility index (Phi) is 4.40. The lowest BCUT2D eigenvalue weighted by molar-refractivity contribution is -0.149. The molecule has 106 valence electrons. The van der Waals surface area contributed by atoms with Gasteiger partial charge in [-0.2, -0.15) is 17.0 Å². The van der Waals surface area contributed by atoms with Crippen molar-refractivity contribution in [1.29, 1.82) is 0 Å². The second kappa shape index (κ2) is 5.14. The van der Waals surface area contributed by atoms with Crippen molar-refractivity contribution in [3.63, 3.8) is 0 Å². The first-order valence-corrected chi connectivity index (χ1v) is 7.53. The predicted octanol–water partition coefficient (Wildman–Crippen LogP) is 0.901. The van der Waals surface area contributed by atoms with Crippen LogP contribution >= 0.6 is 0 Å². The van der Waals surface area contributed by atoms with Gasteiger partial charge in [-0.05, 0) is 40.0 Å². The molecule has 0 amide bonds. The second-order valence-corrected chi connectivity index (χ2v) is 7.14. The van der Waals surface area contributed by atoms with E-state index < -0.39 is 21.7 Å². The zero-order valence-electron chi connectivity index (χ0n) is 11.4. The molecule has 1 atom stereocenters. The Hall–Kier alpha value is -0.660. The van der Waals surface area contributed by atoms with E-state index in [1.807, 2.05) is 0 Å². The van der Waals surface area contributed by atoms with Crippen LogP contribution in [0.4, 0.5) is 0 Å². The van der Waals surface area contributed by atoms with Gasteiger partial charge < -0.3 is 5.11 Å². The Morgan fingerprint density at radius 1 is 1.39 bits per heavy atom. The number of carboxylic acid groups (broad SMARTS) is 1. The fourth-order valence-electron chi connectivity index (χ4n) is 2.10. The van der Waals surface area contributed by atoms with Crippen molar-refractivity contribution in [2.75, 3.05) is 13.6 Å². The van der Waals surface area contributed by atoms with E-state index in [1.165, 1.54) is 18.3 Å². The van der Waals surface area contributed by atoms with E-state index in [9.17, 15) is 18.3 Å². The van der Waals surface area contributed by atoms with Crippen LogP contribution in [0.1, 0.15) is 40.0 Å². The van der Waals surface area contributed by atoms with Gasteiger partial charge in [0.25, 0.3) is 10.2 Å². The first-order chi connectivity index (χ1) is 8.14. The Balaban J connectivity index is 3.16. The number of hydrogen-bond acceptors (Lipinski definition) is 3. The molecule has 0 aromatic heterocycles. The van der Waals surface area contributed by atoms with Crippen molar-refractivity contribution in [1.82, 2.24) is 8.61 Å². The summed E-state index contributed by atoms with van der Waals surface area (Å²) in [6.07, 6.45) is 1.79. The summed E-state index contributed by atoms with van der Waals surface area (Å²) in [6, 6.07) is -0.199. The average Bonchev–Trinajstić information content (AvgIpc) is 2.27. The topological polar surface area (TPSA) is 77.9 Å². The van der Waals surface area contributed by atoms with Crippen molar-refractivity contribution in [3.8, 4) is 0 Å². The van der Waals surface area contributed by atoms with Crippen LogP contribution in [-0.4, -0.2) is 53.3 Å². The van der Waals surface area contributed by atoms with Crippen LogP contribution in [0, 0.1) is 0 Å². The van der Waals surface area contributed by atoms with Crippen LogP contribution in [0.5, 0.6) is 0 Å². The summed E-state index contributed by atoms with van der Waals surface area (Å²) in [5.41, 5.74) is -1.33. The molecule has 1 unspecified atom stereocenters. The monoisotopic (exact) mass is 278 g/mol. The van der Waals surface area contributed by atoms with E-state index >= 15 is 0 Å². The number of carbonyl (C=O) groups is 1. The molecular formula is C11H22N2O4S. The minimum atomic E-state index is -3.73. The molecule has 0 spiro atoms. The quantitative estimate of drug-likeness (QED) is 0.829. The molecule has 0 aromatic rings. The van der Waals surface area contributed by atoms with Gasteiger partial charge in [0.2, 0.25) is 0 Å². The molecule has 0 saturated carbocycles. The molecule has 1 rings (SSSR count). The van der Waals surface area contributed by atoms with E-state index in [0.717, 1.165) is 10.7 Å². The number of hydrogen-bond donors (Lipinski definition) is 1. The molecular weight excluding hydrogens is 256 g/mol. The number of piperidine rings is 1. The normalized spacial score (nSPS) is 26.8. The smallest absolute Gasteiger partial charge is 0.324 e. The zero-order chi connectivity index (χ0) is 14.1. The molecule has 7 heteroatoms. The highest BCUT2D eigenvalue weighted by molar-refractivity contribution is 7.86. The molecule has 1 N–H and O–H groups in total. The number of rotatable bonds is 4. The summed E-state index contributed by atoms with van der Waals surface area (Å²) >= 11 is 0. The van der Waals surface area contributed by atoms with E-state index in [4.69, 9.17) is 0 Å². The Morgan fingerprint density at radius 2 is 1.94 bits per heavy atom. The summed E-state index contributed by atoms with van der Waals surface area (Å²) < 4.78 is 27.2. The van der Waals surface area contributed by atoms with Gasteiger partial charge in [0.05, 0.1) is 0 Å². The Bertz CT molecular complexity index is 421. The highest BCUT2D eigenvalue weighted by Crippen LogP contribution is 2.32. The van der Waals surface area contributed by atoms with Crippen molar-refractivity contribution in [3.05, 3.63) is 0 Å². The molecule has 18 heavy (non-hydrogen) atoms. The Morgan fingerprint density at radius 3 is 2.39 bits per heavy atom. The first-order valence-electron chi connectivity index (χ1n) is 6.13. The van der Waals surface area contributed by atoms with Gasteiger partial charge in [0.15, 0.2) is 0 Å². The minimum Gasteiger partial charge on any atom is -0.480 e.